The normalized spacial score (nSPS) is 10.6. The van der Waals surface area contributed by atoms with Gasteiger partial charge in [0.25, 0.3) is 0 Å². The Hall–Kier alpha value is -0.570. The highest BCUT2D eigenvalue weighted by Crippen LogP contribution is 2.11. The fraction of sp³-hybridized carbons (Fsp3) is 0.938. The maximum atomic E-state index is 10.8. The number of hydrogen-bond donors (Lipinski definition) is 1. The van der Waals surface area contributed by atoms with Crippen LogP contribution < -0.4 is 5.73 Å². The quantitative estimate of drug-likeness (QED) is 0.389. The molecule has 0 amide bonds. The molecule has 0 saturated heterocycles. The van der Waals surface area contributed by atoms with E-state index in [1.807, 2.05) is 0 Å². The van der Waals surface area contributed by atoms with Crippen LogP contribution in [0, 0.1) is 0 Å². The molecular formula is C16H34NO2+. The number of carbonyl (C=O) groups excluding carboxylic acids is 1. The molecule has 3 nitrogen and oxygen atoms in total. The van der Waals surface area contributed by atoms with Gasteiger partial charge in [-0.05, 0) is 6.42 Å². The zero-order chi connectivity index (χ0) is 14.2. The average molecular weight is 272 g/mol. The van der Waals surface area contributed by atoms with Gasteiger partial charge in [-0.15, -0.1) is 0 Å². The van der Waals surface area contributed by atoms with Crippen molar-refractivity contribution >= 4 is 5.97 Å². The van der Waals surface area contributed by atoms with Gasteiger partial charge in [0.2, 0.25) is 0 Å². The highest BCUT2D eigenvalue weighted by atomic mass is 16.5. The van der Waals surface area contributed by atoms with E-state index in [1.165, 1.54) is 70.6 Å². The molecule has 0 aromatic carbocycles. The van der Waals surface area contributed by atoms with E-state index in [9.17, 15) is 4.79 Å². The van der Waals surface area contributed by atoms with Crippen LogP contribution in [0.15, 0.2) is 0 Å². The predicted molar refractivity (Wildman–Crippen MR) is 79.8 cm³/mol. The van der Waals surface area contributed by atoms with Gasteiger partial charge in [-0.25, -0.2) is 4.79 Å². The molecule has 0 atom stereocenters. The maximum absolute atomic E-state index is 10.8. The lowest BCUT2D eigenvalue weighted by atomic mass is 10.1. The minimum absolute atomic E-state index is 0.178. The molecule has 0 unspecified atom stereocenters. The third kappa shape index (κ3) is 15.4. The van der Waals surface area contributed by atoms with Crippen LogP contribution in [0.2, 0.25) is 0 Å². The Balaban J connectivity index is 2.97. The van der Waals surface area contributed by atoms with Crippen LogP contribution in [0.1, 0.15) is 84.0 Å². The van der Waals surface area contributed by atoms with Crippen molar-refractivity contribution in [2.45, 2.75) is 84.0 Å². The number of unbranched alkanes of at least 4 members (excludes halogenated alkanes) is 11. The lowest BCUT2D eigenvalue weighted by molar-refractivity contribution is -0.359. The zero-order valence-electron chi connectivity index (χ0n) is 12.9. The molecule has 19 heavy (non-hydrogen) atoms. The molecule has 0 spiro atoms. The standard InChI is InChI=1S/C16H33NO2/c1-2-3-4-5-6-7-8-9-10-11-12-13-14-19-16(18)15-17/h2-15,17H2,1H3/p+1. The number of esters is 1. The summed E-state index contributed by atoms with van der Waals surface area (Å²) < 4.78 is 4.98. The minimum atomic E-state index is -0.178. The lowest BCUT2D eigenvalue weighted by Gasteiger charge is -2.03. The summed E-state index contributed by atoms with van der Waals surface area (Å²) in [6.45, 7) is 3.09. The Bertz CT molecular complexity index is 195. The van der Waals surface area contributed by atoms with Crippen molar-refractivity contribution in [3.63, 3.8) is 0 Å². The van der Waals surface area contributed by atoms with E-state index in [1.54, 1.807) is 0 Å². The molecule has 3 N–H and O–H groups in total. The summed E-state index contributed by atoms with van der Waals surface area (Å²) in [6, 6.07) is 0. The van der Waals surface area contributed by atoms with Crippen LogP contribution in [0.5, 0.6) is 0 Å². The Morgan fingerprint density at radius 1 is 0.789 bits per heavy atom. The molecule has 0 heterocycles. The second-order valence-electron chi connectivity index (χ2n) is 5.36. The predicted octanol–water partition coefficient (Wildman–Crippen LogP) is 3.47. The van der Waals surface area contributed by atoms with Gasteiger partial charge in [0.15, 0.2) is 6.54 Å². The van der Waals surface area contributed by atoms with Gasteiger partial charge < -0.3 is 10.5 Å². The zero-order valence-corrected chi connectivity index (χ0v) is 12.9. The first kappa shape index (κ1) is 18.4. The first-order valence-electron chi connectivity index (χ1n) is 8.26. The molecule has 0 aliphatic carbocycles. The molecule has 0 fully saturated rings. The van der Waals surface area contributed by atoms with Crippen molar-refractivity contribution in [2.24, 2.45) is 0 Å². The Morgan fingerprint density at radius 3 is 1.63 bits per heavy atom. The average Bonchev–Trinajstić information content (AvgIpc) is 2.43. The van der Waals surface area contributed by atoms with Crippen LogP contribution in [-0.4, -0.2) is 19.1 Å². The van der Waals surface area contributed by atoms with Gasteiger partial charge in [-0.3, -0.25) is 0 Å². The number of carbonyl (C=O) groups is 1. The first-order chi connectivity index (χ1) is 9.31. The van der Waals surface area contributed by atoms with Crippen LogP contribution >= 0.6 is 0 Å². The molecule has 0 aliphatic rings. The van der Waals surface area contributed by atoms with Gasteiger partial charge in [-0.1, -0.05) is 77.6 Å². The van der Waals surface area contributed by atoms with Crippen molar-refractivity contribution in [1.29, 1.82) is 0 Å². The van der Waals surface area contributed by atoms with Gasteiger partial charge in [0.1, 0.15) is 0 Å². The van der Waals surface area contributed by atoms with Crippen LogP contribution in [0.4, 0.5) is 0 Å². The summed E-state index contributed by atoms with van der Waals surface area (Å²) in [6.07, 6.45) is 16.0. The summed E-state index contributed by atoms with van der Waals surface area (Å²) in [5, 5.41) is 0. The van der Waals surface area contributed by atoms with Gasteiger partial charge >= 0.3 is 5.97 Å². The Labute approximate surface area is 119 Å². The topological polar surface area (TPSA) is 53.9 Å². The second kappa shape index (κ2) is 15.5. The number of ether oxygens (including phenoxy) is 1. The van der Waals surface area contributed by atoms with Gasteiger partial charge in [0, 0.05) is 0 Å². The van der Waals surface area contributed by atoms with Crippen molar-refractivity contribution in [1.82, 2.24) is 0 Å². The van der Waals surface area contributed by atoms with Crippen LogP contribution in [0.3, 0.4) is 0 Å². The lowest BCUT2D eigenvalue weighted by Crippen LogP contribution is -2.54. The molecule has 0 saturated carbocycles. The van der Waals surface area contributed by atoms with Crippen molar-refractivity contribution < 1.29 is 15.3 Å². The summed E-state index contributed by atoms with van der Waals surface area (Å²) >= 11 is 0. The molecule has 0 rings (SSSR count). The van der Waals surface area contributed by atoms with Gasteiger partial charge in [0.05, 0.1) is 6.61 Å². The maximum Gasteiger partial charge on any atom is 0.361 e. The Morgan fingerprint density at radius 2 is 1.21 bits per heavy atom. The molecular weight excluding hydrogens is 238 g/mol. The third-order valence-electron chi connectivity index (χ3n) is 3.47. The summed E-state index contributed by atoms with van der Waals surface area (Å²) in [5.74, 6) is -0.178. The number of rotatable bonds is 14. The van der Waals surface area contributed by atoms with E-state index in [4.69, 9.17) is 4.74 Å². The largest absolute Gasteiger partial charge is 0.462 e. The van der Waals surface area contributed by atoms with Crippen molar-refractivity contribution in [3.05, 3.63) is 0 Å². The Kier molecular flexibility index (Phi) is 15.0. The molecule has 114 valence electrons. The highest BCUT2D eigenvalue weighted by molar-refractivity contribution is 5.69. The monoisotopic (exact) mass is 272 g/mol. The fourth-order valence-electron chi connectivity index (χ4n) is 2.20. The summed E-state index contributed by atoms with van der Waals surface area (Å²) in [5.41, 5.74) is 3.49. The van der Waals surface area contributed by atoms with Crippen molar-refractivity contribution in [3.8, 4) is 0 Å². The summed E-state index contributed by atoms with van der Waals surface area (Å²) in [4.78, 5) is 10.8. The molecule has 0 aromatic rings. The van der Waals surface area contributed by atoms with Crippen molar-refractivity contribution in [2.75, 3.05) is 13.2 Å². The van der Waals surface area contributed by atoms with E-state index in [0.29, 0.717) is 6.61 Å². The molecule has 0 aromatic heterocycles. The SMILES string of the molecule is CCCCCCCCCCCCCCOC(=O)C[NH3+]. The highest BCUT2D eigenvalue weighted by Gasteiger charge is 1.99. The number of hydrogen-bond acceptors (Lipinski definition) is 2. The molecule has 0 bridgehead atoms. The second-order valence-corrected chi connectivity index (χ2v) is 5.36. The molecule has 0 aliphatic heterocycles. The van der Waals surface area contributed by atoms with Gasteiger partial charge in [-0.2, -0.15) is 0 Å². The van der Waals surface area contributed by atoms with Crippen LogP contribution in [0.25, 0.3) is 0 Å². The smallest absolute Gasteiger partial charge is 0.361 e. The number of quaternary nitrogens is 1. The fourth-order valence-corrected chi connectivity index (χ4v) is 2.20. The molecule has 0 radical (unpaired) electrons. The van der Waals surface area contributed by atoms with E-state index in [-0.39, 0.29) is 12.5 Å². The van der Waals surface area contributed by atoms with E-state index >= 15 is 0 Å². The first-order valence-corrected chi connectivity index (χ1v) is 8.26. The van der Waals surface area contributed by atoms with E-state index < -0.39 is 0 Å². The van der Waals surface area contributed by atoms with E-state index in [2.05, 4.69) is 12.7 Å². The third-order valence-corrected chi connectivity index (χ3v) is 3.47. The molecule has 3 heteroatoms. The summed E-state index contributed by atoms with van der Waals surface area (Å²) in [7, 11) is 0. The van der Waals surface area contributed by atoms with E-state index in [0.717, 1.165) is 6.42 Å². The van der Waals surface area contributed by atoms with Crippen LogP contribution in [-0.2, 0) is 9.53 Å². The minimum Gasteiger partial charge on any atom is -0.462 e.